The maximum absolute atomic E-state index is 13.2. The number of hydrogen-bond donors (Lipinski definition) is 1. The van der Waals surface area contributed by atoms with Gasteiger partial charge in [0, 0.05) is 23.1 Å². The Kier molecular flexibility index (Phi) is 5.45. The molecule has 1 amide bonds. The first-order chi connectivity index (χ1) is 12.2. The molecule has 1 aliphatic rings. The number of amides is 1. The van der Waals surface area contributed by atoms with Crippen LogP contribution in [0.1, 0.15) is 23.6 Å². The maximum atomic E-state index is 13.2. The number of fused-ring (bicyclic) bond motifs is 1. The Morgan fingerprint density at radius 1 is 1.27 bits per heavy atom. The van der Waals surface area contributed by atoms with Crippen molar-refractivity contribution < 1.29 is 17.6 Å². The van der Waals surface area contributed by atoms with E-state index in [0.717, 1.165) is 28.4 Å². The molecular formula is C18H18BrFN2O3S. The number of rotatable bonds is 5. The zero-order valence-corrected chi connectivity index (χ0v) is 16.5. The average Bonchev–Trinajstić information content (AvgIpc) is 2.96. The van der Waals surface area contributed by atoms with Crippen molar-refractivity contribution in [3.63, 3.8) is 0 Å². The molecule has 138 valence electrons. The molecule has 0 saturated heterocycles. The number of sulfonamides is 1. The van der Waals surface area contributed by atoms with Crippen LogP contribution in [0, 0.1) is 5.82 Å². The van der Waals surface area contributed by atoms with E-state index in [9.17, 15) is 17.6 Å². The third kappa shape index (κ3) is 4.49. The molecule has 3 rings (SSSR count). The van der Waals surface area contributed by atoms with Gasteiger partial charge in [-0.1, -0.05) is 28.1 Å². The average molecular weight is 441 g/mol. The summed E-state index contributed by atoms with van der Waals surface area (Å²) < 4.78 is 40.0. The Balaban J connectivity index is 1.83. The molecule has 0 bridgehead atoms. The van der Waals surface area contributed by atoms with Crippen molar-refractivity contribution >= 4 is 37.5 Å². The quantitative estimate of drug-likeness (QED) is 0.776. The molecule has 1 N–H and O–H groups in total. The molecule has 26 heavy (non-hydrogen) atoms. The lowest BCUT2D eigenvalue weighted by Crippen LogP contribution is -2.35. The van der Waals surface area contributed by atoms with Crippen LogP contribution in [0.4, 0.5) is 10.1 Å². The van der Waals surface area contributed by atoms with Gasteiger partial charge in [-0.05, 0) is 47.9 Å². The second-order valence-corrected chi connectivity index (χ2v) is 8.96. The maximum Gasteiger partial charge on any atom is 0.228 e. The lowest BCUT2D eigenvalue weighted by atomic mass is 10.0. The molecule has 1 aliphatic heterocycles. The van der Waals surface area contributed by atoms with Crippen LogP contribution in [0.15, 0.2) is 46.9 Å². The van der Waals surface area contributed by atoms with E-state index in [0.29, 0.717) is 12.1 Å². The van der Waals surface area contributed by atoms with Crippen molar-refractivity contribution in [2.24, 2.45) is 0 Å². The van der Waals surface area contributed by atoms with E-state index in [2.05, 4.69) is 20.7 Å². The lowest BCUT2D eigenvalue weighted by Gasteiger charge is -2.22. The van der Waals surface area contributed by atoms with Crippen molar-refractivity contribution in [1.29, 1.82) is 0 Å². The SMILES string of the molecule is CS(=O)(=O)N[C@@H](CC(=O)N1CCc2cc(Br)ccc21)c1ccc(F)cc1. The number of nitrogens with zero attached hydrogens (tertiary/aromatic N) is 1. The number of halogens is 2. The molecule has 1 heterocycles. The molecule has 0 fully saturated rings. The van der Waals surface area contributed by atoms with Gasteiger partial charge in [0.2, 0.25) is 15.9 Å². The minimum atomic E-state index is -3.54. The summed E-state index contributed by atoms with van der Waals surface area (Å²) in [5, 5.41) is 0. The standard InChI is InChI=1S/C18H18BrFN2O3S/c1-26(24,25)21-16(12-2-5-15(20)6-3-12)11-18(23)22-9-8-13-10-14(19)4-7-17(13)22/h2-7,10,16,21H,8-9,11H2,1H3/t16-/m0/s1. The topological polar surface area (TPSA) is 66.5 Å². The van der Waals surface area contributed by atoms with Gasteiger partial charge in [0.25, 0.3) is 0 Å². The van der Waals surface area contributed by atoms with Gasteiger partial charge in [0.15, 0.2) is 0 Å². The van der Waals surface area contributed by atoms with Crippen molar-refractivity contribution in [3.8, 4) is 0 Å². The van der Waals surface area contributed by atoms with Crippen LogP contribution in [0.3, 0.4) is 0 Å². The van der Waals surface area contributed by atoms with Crippen molar-refractivity contribution in [2.75, 3.05) is 17.7 Å². The summed E-state index contributed by atoms with van der Waals surface area (Å²) in [5.41, 5.74) is 2.46. The number of carbonyl (C=O) groups excluding carboxylic acids is 1. The van der Waals surface area contributed by atoms with E-state index in [1.807, 2.05) is 18.2 Å². The van der Waals surface area contributed by atoms with E-state index in [4.69, 9.17) is 0 Å². The largest absolute Gasteiger partial charge is 0.312 e. The van der Waals surface area contributed by atoms with E-state index in [1.54, 1.807) is 4.90 Å². The van der Waals surface area contributed by atoms with E-state index < -0.39 is 21.9 Å². The Hall–Kier alpha value is -1.77. The highest BCUT2D eigenvalue weighted by Gasteiger charge is 2.28. The summed E-state index contributed by atoms with van der Waals surface area (Å²) in [5.74, 6) is -0.603. The summed E-state index contributed by atoms with van der Waals surface area (Å²) in [6.07, 6.45) is 1.74. The fraction of sp³-hybridized carbons (Fsp3) is 0.278. The van der Waals surface area contributed by atoms with Crippen LogP contribution in [0.25, 0.3) is 0 Å². The van der Waals surface area contributed by atoms with Gasteiger partial charge in [-0.15, -0.1) is 0 Å². The minimum absolute atomic E-state index is 0.0474. The van der Waals surface area contributed by atoms with Crippen molar-refractivity contribution in [2.45, 2.75) is 18.9 Å². The van der Waals surface area contributed by atoms with Crippen LogP contribution < -0.4 is 9.62 Å². The third-order valence-corrected chi connectivity index (χ3v) is 5.45. The summed E-state index contributed by atoms with van der Waals surface area (Å²) in [4.78, 5) is 14.5. The Morgan fingerprint density at radius 3 is 2.62 bits per heavy atom. The van der Waals surface area contributed by atoms with Crippen molar-refractivity contribution in [3.05, 3.63) is 63.9 Å². The fourth-order valence-corrected chi connectivity index (χ4v) is 4.24. The molecule has 0 radical (unpaired) electrons. The molecule has 5 nitrogen and oxygen atoms in total. The summed E-state index contributed by atoms with van der Waals surface area (Å²) in [6, 6.07) is 10.4. The number of hydrogen-bond acceptors (Lipinski definition) is 3. The highest BCUT2D eigenvalue weighted by Crippen LogP contribution is 2.32. The summed E-state index contributed by atoms with van der Waals surface area (Å²) in [6.45, 7) is 0.555. The molecule has 2 aromatic rings. The number of benzene rings is 2. The Bertz CT molecular complexity index is 932. The van der Waals surface area contributed by atoms with E-state index in [1.165, 1.54) is 24.3 Å². The normalized spacial score (nSPS) is 15.0. The first-order valence-corrected chi connectivity index (χ1v) is 10.7. The van der Waals surface area contributed by atoms with Crippen LogP contribution in [-0.4, -0.2) is 27.1 Å². The van der Waals surface area contributed by atoms with Gasteiger partial charge in [-0.3, -0.25) is 4.79 Å². The van der Waals surface area contributed by atoms with Crippen LogP contribution in [0.5, 0.6) is 0 Å². The van der Waals surface area contributed by atoms with Gasteiger partial charge >= 0.3 is 0 Å². The first-order valence-electron chi connectivity index (χ1n) is 8.04. The highest BCUT2D eigenvalue weighted by molar-refractivity contribution is 9.10. The molecule has 1 atom stereocenters. The number of nitrogens with one attached hydrogen (secondary N) is 1. The number of anilines is 1. The van der Waals surface area contributed by atoms with Crippen LogP contribution in [0.2, 0.25) is 0 Å². The molecular weight excluding hydrogens is 423 g/mol. The predicted molar refractivity (Wildman–Crippen MR) is 102 cm³/mol. The van der Waals surface area contributed by atoms with Crippen molar-refractivity contribution in [1.82, 2.24) is 4.72 Å². The summed E-state index contributed by atoms with van der Waals surface area (Å²) in [7, 11) is -3.54. The highest BCUT2D eigenvalue weighted by atomic mass is 79.9. The smallest absolute Gasteiger partial charge is 0.228 e. The Labute approximate surface area is 160 Å². The molecule has 0 aromatic heterocycles. The van der Waals surface area contributed by atoms with Crippen LogP contribution >= 0.6 is 15.9 Å². The Morgan fingerprint density at radius 2 is 1.96 bits per heavy atom. The van der Waals surface area contributed by atoms with Gasteiger partial charge in [0.05, 0.1) is 12.3 Å². The van der Waals surface area contributed by atoms with Gasteiger partial charge in [-0.25, -0.2) is 17.5 Å². The van der Waals surface area contributed by atoms with Gasteiger partial charge < -0.3 is 4.90 Å². The zero-order valence-electron chi connectivity index (χ0n) is 14.1. The second kappa shape index (κ2) is 7.46. The third-order valence-electron chi connectivity index (χ3n) is 4.25. The van der Waals surface area contributed by atoms with Gasteiger partial charge in [0.1, 0.15) is 5.82 Å². The number of carbonyl (C=O) groups is 1. The van der Waals surface area contributed by atoms with Gasteiger partial charge in [-0.2, -0.15) is 0 Å². The monoisotopic (exact) mass is 440 g/mol. The molecule has 0 aliphatic carbocycles. The van der Waals surface area contributed by atoms with Crippen LogP contribution in [-0.2, 0) is 21.2 Å². The first kappa shape index (κ1) is 19.0. The molecule has 0 unspecified atom stereocenters. The van der Waals surface area contributed by atoms with E-state index >= 15 is 0 Å². The summed E-state index contributed by atoms with van der Waals surface area (Å²) >= 11 is 3.42. The minimum Gasteiger partial charge on any atom is -0.312 e. The molecule has 8 heteroatoms. The predicted octanol–water partition coefficient (Wildman–Crippen LogP) is 3.16. The lowest BCUT2D eigenvalue weighted by molar-refractivity contribution is -0.118. The zero-order chi connectivity index (χ0) is 18.9. The molecule has 0 spiro atoms. The second-order valence-electron chi connectivity index (χ2n) is 6.27. The molecule has 0 saturated carbocycles. The van der Waals surface area contributed by atoms with E-state index in [-0.39, 0.29) is 12.3 Å². The fourth-order valence-electron chi connectivity index (χ4n) is 3.10. The molecule has 2 aromatic carbocycles.